The van der Waals surface area contributed by atoms with Crippen molar-refractivity contribution in [3.8, 4) is 0 Å². The SMILES string of the molecule is CC1CCN(CCCC(C)(C)C(N)=NO)C(C)C1. The summed E-state index contributed by atoms with van der Waals surface area (Å²) in [4.78, 5) is 2.57. The normalized spacial score (nSPS) is 27.4. The average molecular weight is 255 g/mol. The monoisotopic (exact) mass is 255 g/mol. The van der Waals surface area contributed by atoms with Crippen molar-refractivity contribution in [2.75, 3.05) is 13.1 Å². The molecular weight excluding hydrogens is 226 g/mol. The Balaban J connectivity index is 2.34. The van der Waals surface area contributed by atoms with E-state index in [0.717, 1.165) is 25.3 Å². The van der Waals surface area contributed by atoms with Gasteiger partial charge in [-0.2, -0.15) is 0 Å². The van der Waals surface area contributed by atoms with E-state index in [-0.39, 0.29) is 5.41 Å². The quantitative estimate of drug-likeness (QED) is 0.343. The molecule has 0 saturated carbocycles. The third kappa shape index (κ3) is 4.16. The largest absolute Gasteiger partial charge is 0.409 e. The highest BCUT2D eigenvalue weighted by molar-refractivity contribution is 5.85. The number of piperidine rings is 1. The molecule has 0 aromatic rings. The lowest BCUT2D eigenvalue weighted by Gasteiger charge is -2.37. The van der Waals surface area contributed by atoms with Gasteiger partial charge in [-0.25, -0.2) is 0 Å². The Morgan fingerprint density at radius 3 is 2.67 bits per heavy atom. The lowest BCUT2D eigenvalue weighted by Crippen LogP contribution is -2.41. The molecule has 2 atom stereocenters. The molecule has 0 spiro atoms. The molecule has 0 aromatic carbocycles. The maximum Gasteiger partial charge on any atom is 0.144 e. The van der Waals surface area contributed by atoms with E-state index in [1.54, 1.807) is 0 Å². The van der Waals surface area contributed by atoms with Crippen LogP contribution in [0.25, 0.3) is 0 Å². The van der Waals surface area contributed by atoms with Crippen molar-refractivity contribution in [3.63, 3.8) is 0 Å². The summed E-state index contributed by atoms with van der Waals surface area (Å²) in [6.45, 7) is 11.1. The zero-order chi connectivity index (χ0) is 13.8. The lowest BCUT2D eigenvalue weighted by atomic mass is 9.86. The molecule has 0 radical (unpaired) electrons. The standard InChI is InChI=1S/C14H29N3O/c1-11-6-9-17(12(2)10-11)8-5-7-14(3,4)13(15)16-18/h11-12,18H,5-10H2,1-4H3,(H2,15,16). The Hall–Kier alpha value is -0.770. The van der Waals surface area contributed by atoms with Gasteiger partial charge in [-0.05, 0) is 51.6 Å². The van der Waals surface area contributed by atoms with Gasteiger partial charge in [-0.1, -0.05) is 25.9 Å². The second-order valence-corrected chi connectivity index (χ2v) is 6.49. The number of rotatable bonds is 5. The number of nitrogens with zero attached hydrogens (tertiary/aromatic N) is 2. The lowest BCUT2D eigenvalue weighted by molar-refractivity contribution is 0.124. The van der Waals surface area contributed by atoms with Gasteiger partial charge in [0, 0.05) is 11.5 Å². The molecule has 1 fully saturated rings. The first-order valence-electron chi connectivity index (χ1n) is 7.09. The van der Waals surface area contributed by atoms with Crippen molar-refractivity contribution >= 4 is 5.84 Å². The zero-order valence-electron chi connectivity index (χ0n) is 12.3. The van der Waals surface area contributed by atoms with Crippen LogP contribution in [0, 0.1) is 11.3 Å². The molecule has 4 nitrogen and oxygen atoms in total. The molecule has 2 unspecified atom stereocenters. The summed E-state index contributed by atoms with van der Waals surface area (Å²) in [5, 5.41) is 11.9. The third-order valence-corrected chi connectivity index (χ3v) is 4.32. The Kier molecular flexibility index (Phi) is 5.45. The summed E-state index contributed by atoms with van der Waals surface area (Å²) in [5.41, 5.74) is 5.49. The van der Waals surface area contributed by atoms with Crippen molar-refractivity contribution in [1.82, 2.24) is 4.90 Å². The number of likely N-dealkylation sites (tertiary alicyclic amines) is 1. The first-order valence-corrected chi connectivity index (χ1v) is 7.09. The molecule has 3 N–H and O–H groups in total. The molecule has 1 aliphatic rings. The van der Waals surface area contributed by atoms with Gasteiger partial charge in [0.1, 0.15) is 5.84 Å². The van der Waals surface area contributed by atoms with E-state index < -0.39 is 0 Å². The van der Waals surface area contributed by atoms with Crippen LogP contribution in [0.4, 0.5) is 0 Å². The van der Waals surface area contributed by atoms with Crippen molar-refractivity contribution in [1.29, 1.82) is 0 Å². The smallest absolute Gasteiger partial charge is 0.144 e. The first kappa shape index (κ1) is 15.3. The highest BCUT2D eigenvalue weighted by Crippen LogP contribution is 2.25. The molecule has 0 amide bonds. The second-order valence-electron chi connectivity index (χ2n) is 6.49. The molecule has 1 rings (SSSR count). The van der Waals surface area contributed by atoms with Gasteiger partial charge in [0.2, 0.25) is 0 Å². The Bertz CT molecular complexity index is 289. The summed E-state index contributed by atoms with van der Waals surface area (Å²) < 4.78 is 0. The van der Waals surface area contributed by atoms with Crippen LogP contribution in [0.3, 0.4) is 0 Å². The van der Waals surface area contributed by atoms with Crippen molar-refractivity contribution < 1.29 is 5.21 Å². The molecule has 4 heteroatoms. The van der Waals surface area contributed by atoms with Crippen LogP contribution in [-0.4, -0.2) is 35.1 Å². The molecule has 106 valence electrons. The molecule has 0 aliphatic carbocycles. The van der Waals surface area contributed by atoms with Gasteiger partial charge in [0.05, 0.1) is 0 Å². The number of hydrogen-bond donors (Lipinski definition) is 2. The van der Waals surface area contributed by atoms with Gasteiger partial charge in [0.25, 0.3) is 0 Å². The minimum absolute atomic E-state index is 0.207. The fourth-order valence-electron chi connectivity index (χ4n) is 2.78. The maximum absolute atomic E-state index is 8.74. The molecule has 1 saturated heterocycles. The van der Waals surface area contributed by atoms with Crippen LogP contribution in [-0.2, 0) is 0 Å². The average Bonchev–Trinajstić information content (AvgIpc) is 2.30. The molecule has 1 aliphatic heterocycles. The van der Waals surface area contributed by atoms with Crippen LogP contribution in [0.5, 0.6) is 0 Å². The van der Waals surface area contributed by atoms with Crippen LogP contribution in [0.1, 0.15) is 53.4 Å². The maximum atomic E-state index is 8.74. The highest BCUT2D eigenvalue weighted by Gasteiger charge is 2.25. The highest BCUT2D eigenvalue weighted by atomic mass is 16.4. The predicted octanol–water partition coefficient (Wildman–Crippen LogP) is 2.66. The van der Waals surface area contributed by atoms with E-state index >= 15 is 0 Å². The number of nitrogens with two attached hydrogens (primary N) is 1. The van der Waals surface area contributed by atoms with Gasteiger partial charge >= 0.3 is 0 Å². The summed E-state index contributed by atoms with van der Waals surface area (Å²) in [6.07, 6.45) is 4.68. The van der Waals surface area contributed by atoms with Crippen LogP contribution < -0.4 is 5.73 Å². The predicted molar refractivity (Wildman–Crippen MR) is 75.9 cm³/mol. The first-order chi connectivity index (χ1) is 8.36. The van der Waals surface area contributed by atoms with Crippen LogP contribution >= 0.6 is 0 Å². The van der Waals surface area contributed by atoms with E-state index in [1.165, 1.54) is 19.4 Å². The number of hydrogen-bond acceptors (Lipinski definition) is 3. The van der Waals surface area contributed by atoms with E-state index in [2.05, 4.69) is 23.9 Å². The molecule has 0 aromatic heterocycles. The summed E-state index contributed by atoms with van der Waals surface area (Å²) >= 11 is 0. The molecule has 18 heavy (non-hydrogen) atoms. The zero-order valence-corrected chi connectivity index (χ0v) is 12.3. The van der Waals surface area contributed by atoms with E-state index in [4.69, 9.17) is 10.9 Å². The summed E-state index contributed by atoms with van der Waals surface area (Å²) in [6, 6.07) is 0.695. The Labute approximate surface area is 111 Å². The van der Waals surface area contributed by atoms with Crippen molar-refractivity contribution in [3.05, 3.63) is 0 Å². The topological polar surface area (TPSA) is 61.8 Å². The van der Waals surface area contributed by atoms with E-state index in [1.807, 2.05) is 13.8 Å². The van der Waals surface area contributed by atoms with Gasteiger partial charge < -0.3 is 15.8 Å². The van der Waals surface area contributed by atoms with Crippen molar-refractivity contribution in [2.45, 2.75) is 59.4 Å². The molecule has 1 heterocycles. The van der Waals surface area contributed by atoms with Gasteiger partial charge in [-0.15, -0.1) is 0 Å². The van der Waals surface area contributed by atoms with Crippen LogP contribution in [0.2, 0.25) is 0 Å². The second kappa shape index (κ2) is 6.41. The number of oxime groups is 1. The van der Waals surface area contributed by atoms with Gasteiger partial charge in [0.15, 0.2) is 0 Å². The van der Waals surface area contributed by atoms with Crippen LogP contribution in [0.15, 0.2) is 5.16 Å². The minimum Gasteiger partial charge on any atom is -0.409 e. The molecular formula is C14H29N3O. The third-order valence-electron chi connectivity index (χ3n) is 4.32. The van der Waals surface area contributed by atoms with E-state index in [0.29, 0.717) is 11.9 Å². The fourth-order valence-corrected chi connectivity index (χ4v) is 2.78. The Morgan fingerprint density at radius 2 is 2.11 bits per heavy atom. The molecule has 0 bridgehead atoms. The number of amidine groups is 1. The minimum atomic E-state index is -0.207. The van der Waals surface area contributed by atoms with E-state index in [9.17, 15) is 0 Å². The Morgan fingerprint density at radius 1 is 1.44 bits per heavy atom. The summed E-state index contributed by atoms with van der Waals surface area (Å²) in [5.74, 6) is 1.20. The fraction of sp³-hybridized carbons (Fsp3) is 0.929. The van der Waals surface area contributed by atoms with Gasteiger partial charge in [-0.3, -0.25) is 0 Å². The summed E-state index contributed by atoms with van der Waals surface area (Å²) in [7, 11) is 0. The van der Waals surface area contributed by atoms with Crippen molar-refractivity contribution in [2.24, 2.45) is 22.2 Å².